The highest BCUT2D eigenvalue weighted by atomic mass is 35.5. The number of hydrogen-bond donors (Lipinski definition) is 0. The maximum atomic E-state index is 10.7. The minimum atomic E-state index is -0.517. The summed E-state index contributed by atoms with van der Waals surface area (Å²) < 4.78 is 10.4. The highest BCUT2D eigenvalue weighted by Gasteiger charge is 2.12. The van der Waals surface area contributed by atoms with Crippen LogP contribution in [-0.4, -0.2) is 15.1 Å². The lowest BCUT2D eigenvalue weighted by molar-refractivity contribution is -0.384. The fourth-order valence-electron chi connectivity index (χ4n) is 1.52. The molecule has 2 aromatic rings. The molecule has 0 aliphatic heterocycles. The van der Waals surface area contributed by atoms with Crippen LogP contribution in [0.3, 0.4) is 0 Å². The summed E-state index contributed by atoms with van der Waals surface area (Å²) in [6.45, 7) is 2.04. The van der Waals surface area contributed by atoms with E-state index in [1.165, 1.54) is 18.2 Å². The Hall–Kier alpha value is -2.15. The minimum absolute atomic E-state index is 0.0358. The smallest absolute Gasteiger partial charge is 0.273 e. The lowest BCUT2D eigenvalue weighted by Crippen LogP contribution is -1.99. The van der Waals surface area contributed by atoms with Crippen molar-refractivity contribution >= 4 is 17.3 Å². The molecular formula is C12H12ClN3O4. The van der Waals surface area contributed by atoms with Crippen LogP contribution in [0.2, 0.25) is 5.02 Å². The van der Waals surface area contributed by atoms with Crippen molar-refractivity contribution in [3.05, 3.63) is 45.1 Å². The van der Waals surface area contributed by atoms with E-state index in [9.17, 15) is 10.1 Å². The molecule has 20 heavy (non-hydrogen) atoms. The van der Waals surface area contributed by atoms with Crippen LogP contribution in [0.1, 0.15) is 25.1 Å². The number of benzene rings is 1. The van der Waals surface area contributed by atoms with Gasteiger partial charge in [-0.15, -0.1) is 0 Å². The molecule has 2 rings (SSSR count). The Balaban J connectivity index is 2.05. The molecule has 0 aliphatic rings. The largest absolute Gasteiger partial charge is 0.484 e. The maximum Gasteiger partial charge on any atom is 0.273 e. The van der Waals surface area contributed by atoms with Gasteiger partial charge in [0.2, 0.25) is 11.7 Å². The summed E-state index contributed by atoms with van der Waals surface area (Å²) >= 11 is 5.91. The van der Waals surface area contributed by atoms with Gasteiger partial charge in [0.15, 0.2) is 6.61 Å². The fraction of sp³-hybridized carbons (Fsp3) is 0.333. The number of ether oxygens (including phenoxy) is 1. The molecule has 7 nitrogen and oxygen atoms in total. The Morgan fingerprint density at radius 3 is 3.00 bits per heavy atom. The second-order valence-electron chi connectivity index (χ2n) is 4.01. The number of rotatable bonds is 6. The van der Waals surface area contributed by atoms with Crippen LogP contribution in [-0.2, 0) is 13.0 Å². The van der Waals surface area contributed by atoms with Gasteiger partial charge >= 0.3 is 0 Å². The molecule has 0 atom stereocenters. The van der Waals surface area contributed by atoms with Crippen molar-refractivity contribution in [1.29, 1.82) is 0 Å². The summed E-state index contributed by atoms with van der Waals surface area (Å²) in [6, 6.07) is 3.98. The van der Waals surface area contributed by atoms with Gasteiger partial charge in [-0.3, -0.25) is 10.1 Å². The first-order chi connectivity index (χ1) is 9.60. The van der Waals surface area contributed by atoms with Crippen LogP contribution < -0.4 is 4.74 Å². The lowest BCUT2D eigenvalue weighted by atomic mass is 10.3. The van der Waals surface area contributed by atoms with E-state index in [-0.39, 0.29) is 23.1 Å². The standard InChI is InChI=1S/C12H12ClN3O4/c1-2-3-12-14-11(15-20-12)7-19-10-6-8(16(17)18)4-5-9(10)13/h4-6H,2-3,7H2,1H3. The van der Waals surface area contributed by atoms with Gasteiger partial charge in [0, 0.05) is 12.5 Å². The van der Waals surface area contributed by atoms with Crippen molar-refractivity contribution in [3.63, 3.8) is 0 Å². The first kappa shape index (κ1) is 14.3. The van der Waals surface area contributed by atoms with Gasteiger partial charge in [0.05, 0.1) is 16.0 Å². The molecule has 0 fully saturated rings. The number of nitro groups is 1. The van der Waals surface area contributed by atoms with Crippen molar-refractivity contribution in [1.82, 2.24) is 10.1 Å². The summed E-state index contributed by atoms with van der Waals surface area (Å²) in [5.74, 6) is 1.12. The Morgan fingerprint density at radius 2 is 2.30 bits per heavy atom. The molecule has 0 bridgehead atoms. The van der Waals surface area contributed by atoms with E-state index in [2.05, 4.69) is 10.1 Å². The van der Waals surface area contributed by atoms with E-state index < -0.39 is 4.92 Å². The van der Waals surface area contributed by atoms with Crippen molar-refractivity contribution < 1.29 is 14.2 Å². The van der Waals surface area contributed by atoms with Crippen molar-refractivity contribution in [2.75, 3.05) is 0 Å². The van der Waals surface area contributed by atoms with Crippen molar-refractivity contribution in [3.8, 4) is 5.75 Å². The second-order valence-corrected chi connectivity index (χ2v) is 4.42. The van der Waals surface area contributed by atoms with Gasteiger partial charge in [-0.05, 0) is 12.5 Å². The van der Waals surface area contributed by atoms with Crippen LogP contribution >= 0.6 is 11.6 Å². The quantitative estimate of drug-likeness (QED) is 0.600. The molecule has 106 valence electrons. The molecule has 0 unspecified atom stereocenters. The van der Waals surface area contributed by atoms with Crippen LogP contribution in [0.5, 0.6) is 5.75 Å². The summed E-state index contributed by atoms with van der Waals surface area (Å²) in [7, 11) is 0. The van der Waals surface area contributed by atoms with Crippen LogP contribution in [0.4, 0.5) is 5.69 Å². The van der Waals surface area contributed by atoms with E-state index in [0.717, 1.165) is 6.42 Å². The lowest BCUT2D eigenvalue weighted by Gasteiger charge is -2.05. The molecule has 0 saturated carbocycles. The zero-order chi connectivity index (χ0) is 14.5. The van der Waals surface area contributed by atoms with Crippen LogP contribution in [0, 0.1) is 10.1 Å². The molecule has 0 radical (unpaired) electrons. The zero-order valence-electron chi connectivity index (χ0n) is 10.7. The Bertz CT molecular complexity index is 614. The Kier molecular flexibility index (Phi) is 4.52. The molecule has 0 aliphatic carbocycles. The first-order valence-corrected chi connectivity index (χ1v) is 6.36. The van der Waals surface area contributed by atoms with Crippen molar-refractivity contribution in [2.45, 2.75) is 26.4 Å². The van der Waals surface area contributed by atoms with Gasteiger partial charge in [0.25, 0.3) is 5.69 Å². The number of halogens is 1. The fourth-order valence-corrected chi connectivity index (χ4v) is 1.69. The average Bonchev–Trinajstić information content (AvgIpc) is 2.86. The predicted octanol–water partition coefficient (Wildman–Crippen LogP) is 3.16. The normalized spacial score (nSPS) is 10.5. The van der Waals surface area contributed by atoms with Crippen LogP contribution in [0.25, 0.3) is 0 Å². The summed E-state index contributed by atoms with van der Waals surface area (Å²) in [5.41, 5.74) is -0.0933. The van der Waals surface area contributed by atoms with E-state index in [4.69, 9.17) is 20.9 Å². The summed E-state index contributed by atoms with van der Waals surface area (Å²) in [5, 5.41) is 14.7. The number of nitro benzene ring substituents is 1. The number of non-ortho nitro benzene ring substituents is 1. The number of aryl methyl sites for hydroxylation is 1. The third kappa shape index (κ3) is 3.45. The van der Waals surface area contributed by atoms with Crippen molar-refractivity contribution in [2.24, 2.45) is 0 Å². The minimum Gasteiger partial charge on any atom is -0.484 e. The molecule has 8 heteroatoms. The third-order valence-corrected chi connectivity index (χ3v) is 2.77. The molecule has 0 spiro atoms. The van der Waals surface area contributed by atoms with E-state index in [1.54, 1.807) is 0 Å². The van der Waals surface area contributed by atoms with E-state index in [1.807, 2.05) is 6.92 Å². The molecule has 0 N–H and O–H groups in total. The Morgan fingerprint density at radius 1 is 1.50 bits per heavy atom. The number of aromatic nitrogens is 2. The predicted molar refractivity (Wildman–Crippen MR) is 70.7 cm³/mol. The molecule has 0 saturated heterocycles. The molecule has 0 amide bonds. The molecular weight excluding hydrogens is 286 g/mol. The highest BCUT2D eigenvalue weighted by Crippen LogP contribution is 2.29. The average molecular weight is 298 g/mol. The summed E-state index contributed by atoms with van der Waals surface area (Å²) in [6.07, 6.45) is 1.60. The van der Waals surface area contributed by atoms with Crippen LogP contribution in [0.15, 0.2) is 22.7 Å². The van der Waals surface area contributed by atoms with Gasteiger partial charge in [-0.2, -0.15) is 4.98 Å². The number of nitrogens with zero attached hydrogens (tertiary/aromatic N) is 3. The first-order valence-electron chi connectivity index (χ1n) is 5.98. The Labute approximate surface area is 119 Å². The number of hydrogen-bond acceptors (Lipinski definition) is 6. The third-order valence-electron chi connectivity index (χ3n) is 2.46. The molecule has 1 aromatic carbocycles. The SMILES string of the molecule is CCCc1nc(COc2cc([N+](=O)[O-])ccc2Cl)no1. The van der Waals surface area contributed by atoms with Gasteiger partial charge in [-0.1, -0.05) is 23.7 Å². The second kappa shape index (κ2) is 6.33. The van der Waals surface area contributed by atoms with E-state index in [0.29, 0.717) is 18.1 Å². The van der Waals surface area contributed by atoms with E-state index >= 15 is 0 Å². The van der Waals surface area contributed by atoms with Gasteiger partial charge in [-0.25, -0.2) is 0 Å². The maximum absolute atomic E-state index is 10.7. The topological polar surface area (TPSA) is 91.3 Å². The molecule has 1 aromatic heterocycles. The van der Waals surface area contributed by atoms with Gasteiger partial charge in [0.1, 0.15) is 5.75 Å². The van der Waals surface area contributed by atoms with Gasteiger partial charge < -0.3 is 9.26 Å². The monoisotopic (exact) mass is 297 g/mol. The zero-order valence-corrected chi connectivity index (χ0v) is 11.5. The highest BCUT2D eigenvalue weighted by molar-refractivity contribution is 6.32. The molecule has 1 heterocycles. The summed E-state index contributed by atoms with van der Waals surface area (Å²) in [4.78, 5) is 14.3.